The van der Waals surface area contributed by atoms with Crippen LogP contribution >= 0.6 is 0 Å². The summed E-state index contributed by atoms with van der Waals surface area (Å²) in [6, 6.07) is 14.1. The Bertz CT molecular complexity index is 908. The number of benzene rings is 2. The van der Waals surface area contributed by atoms with Crippen molar-refractivity contribution in [2.75, 3.05) is 0 Å². The molecule has 126 valence electrons. The maximum Gasteiger partial charge on any atom is 0.185 e. The summed E-state index contributed by atoms with van der Waals surface area (Å²) in [6.07, 6.45) is 5.13. The van der Waals surface area contributed by atoms with Crippen LogP contribution in [0.5, 0.6) is 0 Å². The molecule has 0 atom stereocenters. The smallest absolute Gasteiger partial charge is 0.185 e. The molecule has 2 aromatic carbocycles. The highest BCUT2D eigenvalue weighted by atomic mass is 16.1. The molecule has 0 N–H and O–H groups in total. The number of ketones is 1. The van der Waals surface area contributed by atoms with Crippen molar-refractivity contribution in [3.8, 4) is 0 Å². The summed E-state index contributed by atoms with van der Waals surface area (Å²) >= 11 is 0. The van der Waals surface area contributed by atoms with Crippen LogP contribution in [-0.4, -0.2) is 5.78 Å². The summed E-state index contributed by atoms with van der Waals surface area (Å²) in [7, 11) is 0. The summed E-state index contributed by atoms with van der Waals surface area (Å²) in [5, 5.41) is 7.06. The second-order valence-corrected chi connectivity index (χ2v) is 5.73. The first-order valence-electron chi connectivity index (χ1n) is 7.96. The highest BCUT2D eigenvalue weighted by Crippen LogP contribution is 2.30. The molecule has 1 aliphatic rings. The van der Waals surface area contributed by atoms with Crippen LogP contribution in [0.2, 0.25) is 0 Å². The maximum atomic E-state index is 12.6. The lowest BCUT2D eigenvalue weighted by molar-refractivity contribution is -0.111. The van der Waals surface area contributed by atoms with E-state index in [-0.39, 0.29) is 5.78 Å². The molecule has 0 unspecified atom stereocenters. The molecule has 7 heteroatoms. The lowest BCUT2D eigenvalue weighted by atomic mass is 10.1. The average molecular weight is 342 g/mol. The van der Waals surface area contributed by atoms with Crippen LogP contribution in [0.3, 0.4) is 0 Å². The molecule has 0 aromatic heterocycles. The number of hydrogen-bond donors (Lipinski definition) is 0. The fourth-order valence-electron chi connectivity index (χ4n) is 2.76. The van der Waals surface area contributed by atoms with Gasteiger partial charge in [0, 0.05) is 32.3 Å². The number of rotatable bonds is 4. The molecule has 0 radical (unpaired) electrons. The van der Waals surface area contributed by atoms with Crippen molar-refractivity contribution in [3.05, 3.63) is 91.7 Å². The number of Topliss-reactive ketones (excluding diaryl/α,β-unsaturated/α-hetero) is 1. The van der Waals surface area contributed by atoms with Gasteiger partial charge in [0.05, 0.1) is 0 Å². The van der Waals surface area contributed by atoms with E-state index in [1.165, 1.54) is 0 Å². The second kappa shape index (κ2) is 7.85. The molecule has 7 nitrogen and oxygen atoms in total. The molecule has 0 aliphatic heterocycles. The summed E-state index contributed by atoms with van der Waals surface area (Å²) in [4.78, 5) is 18.1. The van der Waals surface area contributed by atoms with Gasteiger partial charge in [-0.1, -0.05) is 58.8 Å². The number of carbonyl (C=O) groups excluding carboxylic acids is 1. The molecular formula is C19H14N6O. The molecule has 2 aromatic rings. The first-order chi connectivity index (χ1) is 12.7. The van der Waals surface area contributed by atoms with Crippen molar-refractivity contribution in [1.29, 1.82) is 0 Å². The highest BCUT2D eigenvalue weighted by Gasteiger charge is 2.22. The van der Waals surface area contributed by atoms with Crippen molar-refractivity contribution < 1.29 is 4.79 Å². The van der Waals surface area contributed by atoms with Crippen molar-refractivity contribution in [3.63, 3.8) is 0 Å². The number of allylic oxidation sites excluding steroid dienone is 2. The molecule has 0 bridgehead atoms. The van der Waals surface area contributed by atoms with Crippen molar-refractivity contribution in [2.24, 2.45) is 10.2 Å². The van der Waals surface area contributed by atoms with Crippen LogP contribution in [0, 0.1) is 0 Å². The summed E-state index contributed by atoms with van der Waals surface area (Å²) in [5.41, 5.74) is 21.2. The monoisotopic (exact) mass is 342 g/mol. The molecule has 1 saturated carbocycles. The Morgan fingerprint density at radius 1 is 0.731 bits per heavy atom. The normalized spacial score (nSPS) is 16.4. The van der Waals surface area contributed by atoms with Gasteiger partial charge in [-0.2, -0.15) is 0 Å². The highest BCUT2D eigenvalue weighted by molar-refractivity contribution is 6.15. The zero-order chi connectivity index (χ0) is 18.4. The van der Waals surface area contributed by atoms with Gasteiger partial charge in [0.25, 0.3) is 0 Å². The minimum atomic E-state index is 0.0447. The van der Waals surface area contributed by atoms with Gasteiger partial charge in [-0.15, -0.1) is 0 Å². The Morgan fingerprint density at radius 2 is 1.12 bits per heavy atom. The standard InChI is InChI=1S/C19H14N6O/c20-24-22-17-7-1-13(2-8-17)11-15-5-6-16(19(15)26)12-14-3-9-18(10-4-14)23-25-21/h1-4,7-12H,5-6H2. The van der Waals surface area contributed by atoms with Gasteiger partial charge in [0.2, 0.25) is 0 Å². The zero-order valence-electron chi connectivity index (χ0n) is 13.8. The van der Waals surface area contributed by atoms with E-state index in [1.807, 2.05) is 36.4 Å². The second-order valence-electron chi connectivity index (χ2n) is 5.73. The van der Waals surface area contributed by atoms with Crippen molar-refractivity contribution >= 4 is 29.3 Å². The van der Waals surface area contributed by atoms with Crippen molar-refractivity contribution in [2.45, 2.75) is 12.8 Å². The Kier molecular flexibility index (Phi) is 5.15. The van der Waals surface area contributed by atoms with E-state index in [0.717, 1.165) is 22.3 Å². The molecular weight excluding hydrogens is 328 g/mol. The van der Waals surface area contributed by atoms with E-state index in [0.29, 0.717) is 24.2 Å². The predicted octanol–water partition coefficient (Wildman–Crippen LogP) is 6.40. The molecule has 1 fully saturated rings. The van der Waals surface area contributed by atoms with Crippen LogP contribution in [0.25, 0.3) is 33.0 Å². The SMILES string of the molecule is [N-]=[N+]=Nc1ccc(C=C2CCC(=Cc3ccc(N=[N+]=[N-])cc3)C2=O)cc1. The molecule has 1 aliphatic carbocycles. The summed E-state index contributed by atoms with van der Waals surface area (Å²) in [6.45, 7) is 0. The number of nitrogens with zero attached hydrogens (tertiary/aromatic N) is 6. The molecule has 0 heterocycles. The first-order valence-corrected chi connectivity index (χ1v) is 7.96. The van der Waals surface area contributed by atoms with Gasteiger partial charge in [0.1, 0.15) is 0 Å². The Balaban J connectivity index is 1.78. The van der Waals surface area contributed by atoms with E-state index >= 15 is 0 Å². The largest absolute Gasteiger partial charge is 0.289 e. The number of azide groups is 2. The Labute approximate surface area is 149 Å². The fourth-order valence-corrected chi connectivity index (χ4v) is 2.76. The Morgan fingerprint density at radius 3 is 1.46 bits per heavy atom. The lowest BCUT2D eigenvalue weighted by Crippen LogP contribution is -1.95. The van der Waals surface area contributed by atoms with E-state index in [4.69, 9.17) is 11.1 Å². The van der Waals surface area contributed by atoms with Crippen LogP contribution < -0.4 is 0 Å². The molecule has 0 spiro atoms. The summed E-state index contributed by atoms with van der Waals surface area (Å²) < 4.78 is 0. The topological polar surface area (TPSA) is 115 Å². The van der Waals surface area contributed by atoms with E-state index < -0.39 is 0 Å². The van der Waals surface area contributed by atoms with Gasteiger partial charge in [-0.25, -0.2) is 0 Å². The molecule has 0 amide bonds. The minimum Gasteiger partial charge on any atom is -0.289 e. The van der Waals surface area contributed by atoms with Gasteiger partial charge >= 0.3 is 0 Å². The molecule has 26 heavy (non-hydrogen) atoms. The third-order valence-electron chi connectivity index (χ3n) is 4.04. The maximum absolute atomic E-state index is 12.6. The predicted molar refractivity (Wildman–Crippen MR) is 101 cm³/mol. The van der Waals surface area contributed by atoms with E-state index in [9.17, 15) is 4.79 Å². The van der Waals surface area contributed by atoms with E-state index in [2.05, 4.69) is 20.1 Å². The van der Waals surface area contributed by atoms with Crippen LogP contribution in [0.15, 0.2) is 69.9 Å². The average Bonchev–Trinajstić information content (AvgIpc) is 2.99. The van der Waals surface area contributed by atoms with Crippen LogP contribution in [0.1, 0.15) is 24.0 Å². The van der Waals surface area contributed by atoms with Crippen molar-refractivity contribution in [1.82, 2.24) is 0 Å². The van der Waals surface area contributed by atoms with Gasteiger partial charge in [-0.05, 0) is 47.2 Å². The molecule has 0 saturated heterocycles. The zero-order valence-corrected chi connectivity index (χ0v) is 13.8. The minimum absolute atomic E-state index is 0.0447. The fraction of sp³-hybridized carbons (Fsp3) is 0.105. The first kappa shape index (κ1) is 17.0. The van der Waals surface area contributed by atoms with Crippen LogP contribution in [-0.2, 0) is 4.79 Å². The number of carbonyl (C=O) groups is 1. The Hall–Kier alpha value is -3.79. The molecule has 3 rings (SSSR count). The van der Waals surface area contributed by atoms with Crippen LogP contribution in [0.4, 0.5) is 11.4 Å². The summed E-state index contributed by atoms with van der Waals surface area (Å²) in [5.74, 6) is 0.0447. The van der Waals surface area contributed by atoms with Gasteiger partial charge in [0.15, 0.2) is 5.78 Å². The third-order valence-corrected chi connectivity index (χ3v) is 4.04. The third kappa shape index (κ3) is 3.99. The lowest BCUT2D eigenvalue weighted by Gasteiger charge is -1.99. The van der Waals surface area contributed by atoms with E-state index in [1.54, 1.807) is 24.3 Å². The van der Waals surface area contributed by atoms with Gasteiger partial charge < -0.3 is 0 Å². The van der Waals surface area contributed by atoms with Gasteiger partial charge in [-0.3, -0.25) is 4.79 Å². The number of hydrogen-bond acceptors (Lipinski definition) is 3. The quantitative estimate of drug-likeness (QED) is 0.272.